The Morgan fingerprint density at radius 1 is 0.912 bits per heavy atom. The third kappa shape index (κ3) is 3.92. The van der Waals surface area contributed by atoms with Crippen molar-refractivity contribution in [1.82, 2.24) is 4.31 Å². The third-order valence-corrected chi connectivity index (χ3v) is 8.57. The lowest BCUT2D eigenvalue weighted by Crippen LogP contribution is -2.47. The maximum absolute atomic E-state index is 14.1. The average molecular weight is 474 g/mol. The number of Topliss-reactive ketones (excluding diaryl/α,β-unsaturated/α-hetero) is 1. The van der Waals surface area contributed by atoms with Crippen LogP contribution in [-0.4, -0.2) is 25.6 Å². The second-order valence-corrected chi connectivity index (χ2v) is 10.6. The molecule has 0 saturated heterocycles. The Morgan fingerprint density at radius 3 is 2.21 bits per heavy atom. The summed E-state index contributed by atoms with van der Waals surface area (Å²) in [5.41, 5.74) is 3.45. The monoisotopic (exact) mass is 473 g/mol. The molecule has 174 valence electrons. The van der Waals surface area contributed by atoms with Crippen LogP contribution in [0.3, 0.4) is 0 Å². The Labute approximate surface area is 200 Å². The first-order chi connectivity index (χ1) is 16.5. The zero-order valence-electron chi connectivity index (χ0n) is 19.1. The Bertz CT molecular complexity index is 1320. The van der Waals surface area contributed by atoms with Gasteiger partial charge in [-0.25, -0.2) is 8.42 Å². The summed E-state index contributed by atoms with van der Waals surface area (Å²) in [5, 5.41) is 0. The fraction of sp³-hybridized carbons (Fsp3) is 0.250. The molecular formula is C28H27NO4S. The normalized spacial score (nSPS) is 19.9. The molecule has 5 nitrogen and oxygen atoms in total. The van der Waals surface area contributed by atoms with E-state index in [4.69, 9.17) is 4.74 Å². The van der Waals surface area contributed by atoms with Crippen molar-refractivity contribution in [1.29, 1.82) is 0 Å². The summed E-state index contributed by atoms with van der Waals surface area (Å²) >= 11 is 0. The number of nitrogens with zero attached hydrogens (tertiary/aromatic N) is 1. The van der Waals surface area contributed by atoms with E-state index in [2.05, 4.69) is 0 Å². The highest BCUT2D eigenvalue weighted by atomic mass is 32.2. The van der Waals surface area contributed by atoms with Crippen molar-refractivity contribution >= 4 is 21.4 Å². The van der Waals surface area contributed by atoms with Gasteiger partial charge in [-0.05, 0) is 53.8 Å². The molecule has 0 bridgehead atoms. The number of ketones is 1. The molecule has 0 N–H and O–H groups in total. The van der Waals surface area contributed by atoms with Crippen molar-refractivity contribution in [2.45, 2.75) is 30.7 Å². The quantitative estimate of drug-likeness (QED) is 0.467. The highest BCUT2D eigenvalue weighted by Crippen LogP contribution is 2.54. The van der Waals surface area contributed by atoms with E-state index >= 15 is 0 Å². The molecule has 2 atom stereocenters. The maximum atomic E-state index is 14.1. The molecule has 0 spiro atoms. The number of carbonyl (C=O) groups is 1. The van der Waals surface area contributed by atoms with Gasteiger partial charge in [-0.1, -0.05) is 60.7 Å². The van der Waals surface area contributed by atoms with Gasteiger partial charge in [-0.2, -0.15) is 0 Å². The van der Waals surface area contributed by atoms with Crippen molar-refractivity contribution in [2.75, 3.05) is 7.11 Å². The molecule has 6 heteroatoms. The van der Waals surface area contributed by atoms with Crippen molar-refractivity contribution in [2.24, 2.45) is 11.8 Å². The summed E-state index contributed by atoms with van der Waals surface area (Å²) in [4.78, 5) is 13.3. The summed E-state index contributed by atoms with van der Waals surface area (Å²) in [6.07, 6.45) is 2.23. The lowest BCUT2D eigenvalue weighted by molar-refractivity contribution is -0.125. The molecule has 0 unspecified atom stereocenters. The van der Waals surface area contributed by atoms with E-state index in [9.17, 15) is 13.2 Å². The van der Waals surface area contributed by atoms with E-state index in [1.54, 1.807) is 31.4 Å². The zero-order valence-corrected chi connectivity index (χ0v) is 19.9. The van der Waals surface area contributed by atoms with E-state index in [-0.39, 0.29) is 29.1 Å². The molecule has 0 aliphatic heterocycles. The minimum atomic E-state index is -3.93. The fourth-order valence-corrected chi connectivity index (χ4v) is 6.68. The molecule has 0 heterocycles. The van der Waals surface area contributed by atoms with Gasteiger partial charge in [-0.15, -0.1) is 0 Å². The van der Waals surface area contributed by atoms with Gasteiger partial charge >= 0.3 is 0 Å². The Morgan fingerprint density at radius 2 is 1.56 bits per heavy atom. The second-order valence-electron chi connectivity index (χ2n) is 8.78. The first-order valence-electron chi connectivity index (χ1n) is 11.5. The SMILES string of the molecule is COc1ccc(S(=O)(=O)N(Cc2ccccc2)C2=C(c3ccccc3)[C@H]3CCCC(=O)[C@@H]23)cc1. The second kappa shape index (κ2) is 9.11. The Balaban J connectivity index is 1.69. The molecule has 3 aromatic carbocycles. The third-order valence-electron chi connectivity index (χ3n) is 6.80. The van der Waals surface area contributed by atoms with E-state index in [0.29, 0.717) is 17.9 Å². The smallest absolute Gasteiger partial charge is 0.264 e. The molecule has 0 amide bonds. The van der Waals surface area contributed by atoms with Gasteiger partial charge < -0.3 is 4.74 Å². The number of allylic oxidation sites excluding steroid dienone is 2. The van der Waals surface area contributed by atoms with Crippen LogP contribution in [0.2, 0.25) is 0 Å². The lowest BCUT2D eigenvalue weighted by Gasteiger charge is -2.48. The van der Waals surface area contributed by atoms with Crippen LogP contribution in [0, 0.1) is 11.8 Å². The van der Waals surface area contributed by atoms with E-state index < -0.39 is 10.0 Å². The van der Waals surface area contributed by atoms with Gasteiger partial charge in [0.1, 0.15) is 11.5 Å². The lowest BCUT2D eigenvalue weighted by atomic mass is 9.61. The van der Waals surface area contributed by atoms with Gasteiger partial charge in [-0.3, -0.25) is 9.10 Å². The predicted octanol–water partition coefficient (Wildman–Crippen LogP) is 5.30. The van der Waals surface area contributed by atoms with E-state index in [1.807, 2.05) is 60.7 Å². The molecule has 2 aliphatic carbocycles. The molecule has 34 heavy (non-hydrogen) atoms. The number of ether oxygens (including phenoxy) is 1. The summed E-state index contributed by atoms with van der Waals surface area (Å²) in [7, 11) is -2.38. The molecule has 5 rings (SSSR count). The molecule has 0 aromatic heterocycles. The van der Waals surface area contributed by atoms with Crippen LogP contribution in [0.15, 0.2) is 95.5 Å². The molecule has 0 radical (unpaired) electrons. The number of carbonyl (C=O) groups excluding carboxylic acids is 1. The summed E-state index contributed by atoms with van der Waals surface area (Å²) in [5.74, 6) is 0.390. The largest absolute Gasteiger partial charge is 0.497 e. The molecular weight excluding hydrogens is 446 g/mol. The van der Waals surface area contributed by atoms with E-state index in [0.717, 1.165) is 29.5 Å². The van der Waals surface area contributed by atoms with Gasteiger partial charge in [0.2, 0.25) is 0 Å². The predicted molar refractivity (Wildman–Crippen MR) is 131 cm³/mol. The van der Waals surface area contributed by atoms with Crippen molar-refractivity contribution < 1.29 is 17.9 Å². The number of rotatable bonds is 7. The number of hydrogen-bond donors (Lipinski definition) is 0. The fourth-order valence-electron chi connectivity index (χ4n) is 5.15. The summed E-state index contributed by atoms with van der Waals surface area (Å²) in [6.45, 7) is 0.164. The van der Waals surface area contributed by atoms with Crippen LogP contribution in [0.1, 0.15) is 30.4 Å². The minimum absolute atomic E-state index is 0.0583. The standard InChI is InChI=1S/C28H27NO4S/c1-33-22-15-17-23(18-16-22)34(31,32)29(19-20-9-4-2-5-10-20)28-26(21-11-6-3-7-12-21)24-13-8-14-25(30)27(24)28/h2-7,9-12,15-18,24,27H,8,13-14,19H2,1H3/t24-,27+/m1/s1. The minimum Gasteiger partial charge on any atom is -0.497 e. The van der Waals surface area contributed by atoms with Crippen LogP contribution in [0.4, 0.5) is 0 Å². The first-order valence-corrected chi connectivity index (χ1v) is 13.0. The van der Waals surface area contributed by atoms with Gasteiger partial charge in [0, 0.05) is 18.0 Å². The average Bonchev–Trinajstić information content (AvgIpc) is 2.86. The zero-order chi connectivity index (χ0) is 23.7. The van der Waals surface area contributed by atoms with Gasteiger partial charge in [0.15, 0.2) is 0 Å². The number of fused-ring (bicyclic) bond motifs is 1. The maximum Gasteiger partial charge on any atom is 0.264 e. The molecule has 1 saturated carbocycles. The number of sulfonamides is 1. The van der Waals surface area contributed by atoms with Crippen molar-refractivity contribution in [3.05, 3.63) is 102 Å². The summed E-state index contributed by atoms with van der Waals surface area (Å²) in [6, 6.07) is 25.8. The Kier molecular flexibility index (Phi) is 6.00. The highest BCUT2D eigenvalue weighted by molar-refractivity contribution is 7.89. The van der Waals surface area contributed by atoms with Crippen molar-refractivity contribution in [3.63, 3.8) is 0 Å². The van der Waals surface area contributed by atoms with E-state index in [1.165, 1.54) is 4.31 Å². The molecule has 2 aliphatic rings. The van der Waals surface area contributed by atoms with Crippen LogP contribution >= 0.6 is 0 Å². The number of benzene rings is 3. The van der Waals surface area contributed by atoms with Crippen LogP contribution in [0.5, 0.6) is 5.75 Å². The summed E-state index contributed by atoms with van der Waals surface area (Å²) < 4.78 is 34.8. The number of hydrogen-bond acceptors (Lipinski definition) is 4. The molecule has 1 fully saturated rings. The van der Waals surface area contributed by atoms with Crippen molar-refractivity contribution in [3.8, 4) is 5.75 Å². The highest BCUT2D eigenvalue weighted by Gasteiger charge is 2.51. The van der Waals surface area contributed by atoms with Gasteiger partial charge in [0.25, 0.3) is 10.0 Å². The Hall–Kier alpha value is -3.38. The van der Waals surface area contributed by atoms with Gasteiger partial charge in [0.05, 0.1) is 24.5 Å². The van der Waals surface area contributed by atoms with Crippen LogP contribution in [0.25, 0.3) is 5.57 Å². The van der Waals surface area contributed by atoms with Crippen LogP contribution in [-0.2, 0) is 21.4 Å². The van der Waals surface area contributed by atoms with Crippen LogP contribution < -0.4 is 4.74 Å². The number of methoxy groups -OCH3 is 1. The first kappa shape index (κ1) is 22.4. The molecule has 3 aromatic rings. The topological polar surface area (TPSA) is 63.7 Å².